The van der Waals surface area contributed by atoms with Crippen molar-refractivity contribution < 1.29 is 37.8 Å². The van der Waals surface area contributed by atoms with E-state index < -0.39 is 11.2 Å². The molecule has 4 N–H and O–H groups in total. The first kappa shape index (κ1) is 47.4. The molecule has 0 aliphatic carbocycles. The Labute approximate surface area is 372 Å². The van der Waals surface area contributed by atoms with Crippen LogP contribution in [0.2, 0.25) is 0 Å². The van der Waals surface area contributed by atoms with Crippen LogP contribution in [0.25, 0.3) is 5.57 Å². The number of rotatable bonds is 2. The van der Waals surface area contributed by atoms with Gasteiger partial charge < -0.3 is 49.5 Å². The number of hydrogen-bond acceptors (Lipinski definition) is 10. The molecule has 330 valence electrons. The summed E-state index contributed by atoms with van der Waals surface area (Å²) < 4.78 is 35.7. The number of benzene rings is 2. The number of nitrogen functional groups attached to an aromatic ring is 2. The summed E-state index contributed by atoms with van der Waals surface area (Å²) in [5.74, 6) is 1.77. The number of anilines is 2. The monoisotopic (exact) mass is 942 g/mol. The number of aryl methyl sites for hydroxylation is 2. The normalized spacial score (nSPS) is 19.4. The molecule has 1 saturated heterocycles. The number of amides is 2. The summed E-state index contributed by atoms with van der Waals surface area (Å²) in [5, 5.41) is 0. The minimum absolute atomic E-state index is 0.248. The number of nitrogens with zero attached hydrogens (tertiary/aromatic N) is 2. The van der Waals surface area contributed by atoms with Gasteiger partial charge in [0, 0.05) is 40.9 Å². The fraction of sp³-hybridized carbons (Fsp3) is 0.609. The molecule has 2 aromatic rings. The maximum atomic E-state index is 12.2. The molecule has 1 fully saturated rings. The average Bonchev–Trinajstić information content (AvgIpc) is 3.39. The van der Waals surface area contributed by atoms with Gasteiger partial charge in [-0.05, 0) is 184 Å². The summed E-state index contributed by atoms with van der Waals surface area (Å²) >= 11 is 2.37. The van der Waals surface area contributed by atoms with Gasteiger partial charge in [-0.3, -0.25) is 0 Å². The highest BCUT2D eigenvalue weighted by Gasteiger charge is 2.52. The Morgan fingerprint density at radius 2 is 1.18 bits per heavy atom. The molecule has 5 heterocycles. The van der Waals surface area contributed by atoms with E-state index >= 15 is 0 Å². The molecule has 0 radical (unpaired) electrons. The van der Waals surface area contributed by atoms with Crippen molar-refractivity contribution in [3.8, 4) is 11.5 Å². The summed E-state index contributed by atoms with van der Waals surface area (Å²) in [4.78, 5) is 27.8. The van der Waals surface area contributed by atoms with E-state index in [1.807, 2.05) is 87.4 Å². The summed E-state index contributed by atoms with van der Waals surface area (Å²) in [6.07, 6.45) is 9.41. The number of ether oxygens (including phenoxy) is 4. The quantitative estimate of drug-likeness (QED) is 0.170. The molecule has 12 nitrogen and oxygen atoms in total. The van der Waals surface area contributed by atoms with Crippen LogP contribution < -0.4 is 20.9 Å². The standard InChI is InChI=1S/C20H28N2O3.C16H28BNO4.C10H12INO/c1-13-12-16(21)18-15(6-5-11-24-18)17(13)14-7-9-22(10-8-14)19(23)25-20(2,3)4;1-14(2,3)20-13(19)18-10-8-12(9-11-18)17-21-15(4,5)16(6,7)22-17;1-6-5-8(12)10-7(9(6)11)3-2-4-13-10/h7,12H,5-6,8-11,21H2,1-4H3;8H,9-11H2,1-7H3;5H,2-4,12H2,1H3. The Morgan fingerprint density at radius 3 is 1.65 bits per heavy atom. The lowest BCUT2D eigenvalue weighted by molar-refractivity contribution is 0.00578. The van der Waals surface area contributed by atoms with E-state index in [0.29, 0.717) is 26.2 Å². The van der Waals surface area contributed by atoms with Crippen LogP contribution in [0.4, 0.5) is 21.0 Å². The zero-order chi connectivity index (χ0) is 44.4. The largest absolute Gasteiger partial charge is 0.491 e. The molecule has 0 unspecified atom stereocenters. The average molecular weight is 943 g/mol. The van der Waals surface area contributed by atoms with E-state index in [1.54, 1.807) is 9.80 Å². The number of hydrogen-bond donors (Lipinski definition) is 2. The van der Waals surface area contributed by atoms with Crippen molar-refractivity contribution in [2.75, 3.05) is 50.9 Å². The third kappa shape index (κ3) is 11.6. The molecular formula is C46H68BIN4O8. The molecule has 0 atom stereocenters. The molecule has 2 aromatic carbocycles. The maximum absolute atomic E-state index is 12.2. The van der Waals surface area contributed by atoms with Crippen LogP contribution in [0.1, 0.15) is 123 Å². The van der Waals surface area contributed by atoms with Crippen LogP contribution >= 0.6 is 22.6 Å². The van der Waals surface area contributed by atoms with E-state index in [1.165, 1.54) is 37.0 Å². The maximum Gasteiger partial charge on any atom is 0.490 e. The fourth-order valence-electron chi connectivity index (χ4n) is 7.64. The van der Waals surface area contributed by atoms with Gasteiger partial charge in [-0.2, -0.15) is 0 Å². The third-order valence-corrected chi connectivity index (χ3v) is 12.9. The van der Waals surface area contributed by atoms with Crippen molar-refractivity contribution in [3.63, 3.8) is 0 Å². The third-order valence-electron chi connectivity index (χ3n) is 11.4. The molecule has 0 aromatic heterocycles. The second-order valence-corrected chi connectivity index (χ2v) is 20.3. The zero-order valence-electron chi connectivity index (χ0n) is 38.1. The summed E-state index contributed by atoms with van der Waals surface area (Å²) in [5.41, 5.74) is 20.5. The molecule has 5 aliphatic heterocycles. The molecule has 0 bridgehead atoms. The molecule has 2 amide bonds. The number of halogens is 1. The molecule has 14 heteroatoms. The van der Waals surface area contributed by atoms with Gasteiger partial charge in [-0.15, -0.1) is 0 Å². The van der Waals surface area contributed by atoms with E-state index in [4.69, 9.17) is 39.7 Å². The van der Waals surface area contributed by atoms with Crippen molar-refractivity contribution in [3.05, 3.63) is 61.1 Å². The van der Waals surface area contributed by atoms with Gasteiger partial charge in [0.05, 0.1) is 35.8 Å². The lowest BCUT2D eigenvalue weighted by Crippen LogP contribution is -2.41. The highest BCUT2D eigenvalue weighted by Crippen LogP contribution is 2.42. The van der Waals surface area contributed by atoms with Crippen LogP contribution in [0.3, 0.4) is 0 Å². The summed E-state index contributed by atoms with van der Waals surface area (Å²) in [6.45, 7) is 27.6. The first-order valence-corrected chi connectivity index (χ1v) is 22.4. The van der Waals surface area contributed by atoms with E-state index in [-0.39, 0.29) is 30.5 Å². The summed E-state index contributed by atoms with van der Waals surface area (Å²) in [7, 11) is -0.314. The Bertz CT molecular complexity index is 1970. The van der Waals surface area contributed by atoms with Crippen molar-refractivity contribution in [2.24, 2.45) is 0 Å². The lowest BCUT2D eigenvalue weighted by Gasteiger charge is -2.32. The predicted molar refractivity (Wildman–Crippen MR) is 249 cm³/mol. The van der Waals surface area contributed by atoms with Crippen LogP contribution in [0.15, 0.2) is 29.8 Å². The van der Waals surface area contributed by atoms with Crippen molar-refractivity contribution in [1.82, 2.24) is 9.80 Å². The highest BCUT2D eigenvalue weighted by atomic mass is 127. The molecule has 7 rings (SSSR count). The van der Waals surface area contributed by atoms with Crippen LogP contribution in [-0.2, 0) is 31.6 Å². The Kier molecular flexibility index (Phi) is 14.8. The highest BCUT2D eigenvalue weighted by molar-refractivity contribution is 14.1. The van der Waals surface area contributed by atoms with Gasteiger partial charge in [-0.1, -0.05) is 12.2 Å². The SMILES string of the molecule is CC(C)(C)OC(=O)N1CC=C(B2OC(C)(C)C(C)(C)O2)CC1.Cc1cc(N)c2c(c1C1=CCN(C(=O)OC(C)(C)C)CC1)CCCO2.Cc1cc(N)c2c(c1I)CCCO2. The van der Waals surface area contributed by atoms with Gasteiger partial charge in [0.25, 0.3) is 0 Å². The smallest absolute Gasteiger partial charge is 0.490 e. The first-order valence-electron chi connectivity index (χ1n) is 21.3. The molecule has 0 spiro atoms. The minimum Gasteiger partial charge on any atom is -0.491 e. The van der Waals surface area contributed by atoms with Gasteiger partial charge in [0.1, 0.15) is 22.7 Å². The Balaban J connectivity index is 0.000000179. The second-order valence-electron chi connectivity index (χ2n) is 19.2. The van der Waals surface area contributed by atoms with E-state index in [9.17, 15) is 9.59 Å². The predicted octanol–water partition coefficient (Wildman–Crippen LogP) is 9.62. The second kappa shape index (κ2) is 18.8. The zero-order valence-corrected chi connectivity index (χ0v) is 40.2. The summed E-state index contributed by atoms with van der Waals surface area (Å²) in [6, 6.07) is 3.99. The van der Waals surface area contributed by atoms with Gasteiger partial charge in [0.2, 0.25) is 0 Å². The van der Waals surface area contributed by atoms with Crippen LogP contribution in [0.5, 0.6) is 11.5 Å². The van der Waals surface area contributed by atoms with E-state index in [2.05, 4.69) is 42.5 Å². The molecule has 0 saturated carbocycles. The molecule has 5 aliphatic rings. The Morgan fingerprint density at radius 1 is 0.717 bits per heavy atom. The van der Waals surface area contributed by atoms with Crippen molar-refractivity contribution in [1.29, 1.82) is 0 Å². The van der Waals surface area contributed by atoms with Crippen LogP contribution in [0, 0.1) is 17.4 Å². The molecule has 60 heavy (non-hydrogen) atoms. The van der Waals surface area contributed by atoms with Gasteiger partial charge in [0.15, 0.2) is 0 Å². The fourth-order valence-corrected chi connectivity index (χ4v) is 8.31. The van der Waals surface area contributed by atoms with Gasteiger partial charge in [-0.25, -0.2) is 9.59 Å². The van der Waals surface area contributed by atoms with E-state index in [0.717, 1.165) is 80.1 Å². The van der Waals surface area contributed by atoms with Crippen molar-refractivity contribution >= 4 is 58.8 Å². The van der Waals surface area contributed by atoms with Crippen molar-refractivity contribution in [2.45, 2.75) is 144 Å². The minimum atomic E-state index is -0.467. The van der Waals surface area contributed by atoms with Crippen LogP contribution in [-0.4, -0.2) is 90.9 Å². The number of nitrogens with two attached hydrogens (primary N) is 2. The lowest BCUT2D eigenvalue weighted by atomic mass is 9.75. The first-order chi connectivity index (χ1) is 27.9. The van der Waals surface area contributed by atoms with Gasteiger partial charge >= 0.3 is 19.3 Å². The number of carbonyl (C=O) groups excluding carboxylic acids is 2. The molecular weight excluding hydrogens is 874 g/mol. The Hall–Kier alpha value is -3.63. The number of fused-ring (bicyclic) bond motifs is 2. The number of carbonyl (C=O) groups is 2. The topological polar surface area (TPSA) is 148 Å².